The Morgan fingerprint density at radius 3 is 2.55 bits per heavy atom. The molecule has 0 aromatic carbocycles. The molecular weight excluding hydrogens is 254 g/mol. The van der Waals surface area contributed by atoms with E-state index in [4.69, 9.17) is 4.74 Å². The van der Waals surface area contributed by atoms with Gasteiger partial charge in [0.25, 0.3) is 0 Å². The van der Waals surface area contributed by atoms with Gasteiger partial charge in [-0.3, -0.25) is 0 Å². The molecule has 2 rings (SSSR count). The predicted octanol–water partition coefficient (Wildman–Crippen LogP) is 2.55. The number of hydrogen-bond acceptors (Lipinski definition) is 6. The fourth-order valence-corrected chi connectivity index (χ4v) is 2.77. The van der Waals surface area contributed by atoms with Crippen LogP contribution < -0.4 is 15.4 Å². The lowest BCUT2D eigenvalue weighted by Crippen LogP contribution is -2.33. The number of anilines is 2. The number of nitrogens with one attached hydrogen (secondary N) is 2. The van der Waals surface area contributed by atoms with Crippen molar-refractivity contribution < 1.29 is 4.74 Å². The van der Waals surface area contributed by atoms with E-state index in [1.54, 1.807) is 7.05 Å². The van der Waals surface area contributed by atoms with Crippen LogP contribution in [0, 0.1) is 11.8 Å². The summed E-state index contributed by atoms with van der Waals surface area (Å²) in [7, 11) is 1.79. The Kier molecular flexibility index (Phi) is 4.98. The minimum absolute atomic E-state index is 0.367. The molecule has 0 aliphatic heterocycles. The molecule has 0 spiro atoms. The molecule has 1 saturated carbocycles. The molecule has 1 fully saturated rings. The molecule has 112 valence electrons. The molecule has 6 heteroatoms. The van der Waals surface area contributed by atoms with Crippen LogP contribution in [0.2, 0.25) is 0 Å². The van der Waals surface area contributed by atoms with Crippen molar-refractivity contribution in [3.8, 4) is 6.01 Å². The second kappa shape index (κ2) is 6.72. The number of aromatic nitrogens is 3. The summed E-state index contributed by atoms with van der Waals surface area (Å²) in [5.74, 6) is 2.57. The van der Waals surface area contributed by atoms with Crippen LogP contribution >= 0.6 is 0 Å². The molecule has 0 saturated heterocycles. The van der Waals surface area contributed by atoms with Crippen LogP contribution in [-0.4, -0.2) is 34.6 Å². The Morgan fingerprint density at radius 2 is 1.90 bits per heavy atom. The SMILES string of the molecule is CCOc1nc(NC)nc(NC2CCC(C)CC2C)n1. The molecule has 1 aliphatic rings. The molecule has 1 aliphatic carbocycles. The van der Waals surface area contributed by atoms with Crippen molar-refractivity contribution in [1.82, 2.24) is 15.0 Å². The van der Waals surface area contributed by atoms with Gasteiger partial charge in [0.2, 0.25) is 11.9 Å². The predicted molar refractivity (Wildman–Crippen MR) is 80.1 cm³/mol. The topological polar surface area (TPSA) is 72.0 Å². The highest BCUT2D eigenvalue weighted by Gasteiger charge is 2.26. The van der Waals surface area contributed by atoms with E-state index in [9.17, 15) is 0 Å². The van der Waals surface area contributed by atoms with E-state index < -0.39 is 0 Å². The summed E-state index contributed by atoms with van der Waals surface area (Å²) < 4.78 is 5.38. The summed E-state index contributed by atoms with van der Waals surface area (Å²) in [4.78, 5) is 12.9. The molecule has 2 N–H and O–H groups in total. The Hall–Kier alpha value is -1.59. The molecule has 0 amide bonds. The summed E-state index contributed by atoms with van der Waals surface area (Å²) in [6, 6.07) is 0.791. The lowest BCUT2D eigenvalue weighted by Gasteiger charge is -2.33. The average molecular weight is 279 g/mol. The summed E-state index contributed by atoms with van der Waals surface area (Å²) >= 11 is 0. The van der Waals surface area contributed by atoms with E-state index in [0.29, 0.717) is 36.5 Å². The first kappa shape index (κ1) is 14.8. The first-order valence-corrected chi connectivity index (χ1v) is 7.45. The van der Waals surface area contributed by atoms with Crippen molar-refractivity contribution in [3.63, 3.8) is 0 Å². The van der Waals surface area contributed by atoms with Gasteiger partial charge >= 0.3 is 6.01 Å². The number of ether oxygens (including phenoxy) is 1. The third-order valence-corrected chi connectivity index (χ3v) is 3.86. The van der Waals surface area contributed by atoms with Gasteiger partial charge in [0.1, 0.15) is 0 Å². The highest BCUT2D eigenvalue weighted by atomic mass is 16.5. The number of rotatable bonds is 5. The van der Waals surface area contributed by atoms with Gasteiger partial charge in [-0.1, -0.05) is 13.8 Å². The van der Waals surface area contributed by atoms with Crippen LogP contribution in [0.1, 0.15) is 40.0 Å². The van der Waals surface area contributed by atoms with Gasteiger partial charge in [-0.2, -0.15) is 15.0 Å². The standard InChI is InChI=1S/C14H25N5O/c1-5-20-14-18-12(15-4)17-13(19-14)16-11-7-6-9(2)8-10(11)3/h9-11H,5-8H2,1-4H3,(H2,15,16,17,18,19). The molecule has 20 heavy (non-hydrogen) atoms. The normalized spacial score (nSPS) is 26.1. The zero-order valence-corrected chi connectivity index (χ0v) is 12.8. The summed E-state index contributed by atoms with van der Waals surface area (Å²) in [5, 5.41) is 6.38. The minimum Gasteiger partial charge on any atom is -0.464 e. The lowest BCUT2D eigenvalue weighted by molar-refractivity contribution is 0.275. The van der Waals surface area contributed by atoms with E-state index >= 15 is 0 Å². The Balaban J connectivity index is 2.09. The van der Waals surface area contributed by atoms with Crippen molar-refractivity contribution in [2.75, 3.05) is 24.3 Å². The van der Waals surface area contributed by atoms with E-state index in [2.05, 4.69) is 39.4 Å². The van der Waals surface area contributed by atoms with E-state index in [-0.39, 0.29) is 0 Å². The zero-order valence-electron chi connectivity index (χ0n) is 12.8. The highest BCUT2D eigenvalue weighted by Crippen LogP contribution is 2.30. The average Bonchev–Trinajstić information content (AvgIpc) is 2.42. The van der Waals surface area contributed by atoms with Crippen LogP contribution in [0.3, 0.4) is 0 Å². The fraction of sp³-hybridized carbons (Fsp3) is 0.786. The monoisotopic (exact) mass is 279 g/mol. The van der Waals surface area contributed by atoms with Gasteiger partial charge in [0, 0.05) is 13.1 Å². The van der Waals surface area contributed by atoms with Gasteiger partial charge in [-0.25, -0.2) is 0 Å². The first-order chi connectivity index (χ1) is 9.62. The zero-order chi connectivity index (χ0) is 14.5. The smallest absolute Gasteiger partial charge is 0.323 e. The van der Waals surface area contributed by atoms with Crippen LogP contribution in [0.5, 0.6) is 6.01 Å². The lowest BCUT2D eigenvalue weighted by atomic mass is 9.80. The minimum atomic E-state index is 0.367. The third-order valence-electron chi connectivity index (χ3n) is 3.86. The van der Waals surface area contributed by atoms with Crippen molar-refractivity contribution in [1.29, 1.82) is 0 Å². The van der Waals surface area contributed by atoms with Crippen LogP contribution in [-0.2, 0) is 0 Å². The molecule has 1 aromatic rings. The molecule has 0 radical (unpaired) electrons. The Bertz CT molecular complexity index is 440. The van der Waals surface area contributed by atoms with Crippen molar-refractivity contribution >= 4 is 11.9 Å². The Labute approximate surface area is 120 Å². The third kappa shape index (κ3) is 3.71. The molecule has 6 nitrogen and oxygen atoms in total. The summed E-state index contributed by atoms with van der Waals surface area (Å²) in [6.07, 6.45) is 3.66. The van der Waals surface area contributed by atoms with Gasteiger partial charge in [0.05, 0.1) is 6.61 Å². The maximum absolute atomic E-state index is 5.38. The fourth-order valence-electron chi connectivity index (χ4n) is 2.77. The molecule has 3 unspecified atom stereocenters. The van der Waals surface area contributed by atoms with Crippen molar-refractivity contribution in [2.45, 2.75) is 46.1 Å². The van der Waals surface area contributed by atoms with E-state index in [0.717, 1.165) is 12.3 Å². The maximum atomic E-state index is 5.38. The first-order valence-electron chi connectivity index (χ1n) is 7.45. The van der Waals surface area contributed by atoms with E-state index in [1.165, 1.54) is 12.8 Å². The largest absolute Gasteiger partial charge is 0.464 e. The quantitative estimate of drug-likeness (QED) is 0.863. The summed E-state index contributed by atoms with van der Waals surface area (Å²) in [6.45, 7) is 7.07. The van der Waals surface area contributed by atoms with Crippen molar-refractivity contribution in [2.24, 2.45) is 11.8 Å². The molecule has 3 atom stereocenters. The molecule has 0 bridgehead atoms. The van der Waals surface area contributed by atoms with Crippen LogP contribution in [0.4, 0.5) is 11.9 Å². The molecule has 1 heterocycles. The number of nitrogens with zero attached hydrogens (tertiary/aromatic N) is 3. The molecule has 1 aromatic heterocycles. The van der Waals surface area contributed by atoms with Gasteiger partial charge in [0.15, 0.2) is 0 Å². The summed E-state index contributed by atoms with van der Waals surface area (Å²) in [5.41, 5.74) is 0. The maximum Gasteiger partial charge on any atom is 0.323 e. The highest BCUT2D eigenvalue weighted by molar-refractivity contribution is 5.36. The second-order valence-electron chi connectivity index (χ2n) is 5.59. The van der Waals surface area contributed by atoms with Crippen LogP contribution in [0.25, 0.3) is 0 Å². The van der Waals surface area contributed by atoms with Gasteiger partial charge < -0.3 is 15.4 Å². The van der Waals surface area contributed by atoms with Crippen LogP contribution in [0.15, 0.2) is 0 Å². The Morgan fingerprint density at radius 1 is 1.15 bits per heavy atom. The second-order valence-corrected chi connectivity index (χ2v) is 5.59. The van der Waals surface area contributed by atoms with E-state index in [1.807, 2.05) is 6.92 Å². The van der Waals surface area contributed by atoms with Gasteiger partial charge in [-0.15, -0.1) is 0 Å². The van der Waals surface area contributed by atoms with Crippen molar-refractivity contribution in [3.05, 3.63) is 0 Å². The van der Waals surface area contributed by atoms with Gasteiger partial charge in [-0.05, 0) is 38.0 Å². The number of hydrogen-bond donors (Lipinski definition) is 2. The molecular formula is C14H25N5O.